The number of hydrogen-bond donors (Lipinski definition) is 1. The van der Waals surface area contributed by atoms with E-state index in [0.29, 0.717) is 17.1 Å². The Morgan fingerprint density at radius 3 is 2.15 bits per heavy atom. The van der Waals surface area contributed by atoms with Crippen LogP contribution >= 0.6 is 0 Å². The minimum atomic E-state index is 0.663. The van der Waals surface area contributed by atoms with Gasteiger partial charge in [0.25, 0.3) is 0 Å². The van der Waals surface area contributed by atoms with Gasteiger partial charge in [-0.3, -0.25) is 4.79 Å². The number of carbonyl (C=O) groups excluding carboxylic acids is 1. The molecule has 0 aromatic heterocycles. The van der Waals surface area contributed by atoms with Crippen molar-refractivity contribution in [3.63, 3.8) is 0 Å². The summed E-state index contributed by atoms with van der Waals surface area (Å²) in [4.78, 5) is 10.7. The predicted octanol–water partition coefficient (Wildman–Crippen LogP) is 3.57. The molecule has 104 valence electrons. The molecule has 20 heavy (non-hydrogen) atoms. The molecule has 0 aliphatic heterocycles. The van der Waals surface area contributed by atoms with Gasteiger partial charge in [-0.2, -0.15) is 0 Å². The summed E-state index contributed by atoms with van der Waals surface area (Å²) in [7, 11) is 3.23. The maximum absolute atomic E-state index is 10.7. The van der Waals surface area contributed by atoms with Gasteiger partial charge in [0, 0.05) is 35.1 Å². The number of aryl methyl sites for hydroxylation is 1. The average molecular weight is 271 g/mol. The zero-order chi connectivity index (χ0) is 14.5. The Kier molecular flexibility index (Phi) is 4.25. The van der Waals surface area contributed by atoms with Gasteiger partial charge in [-0.25, -0.2) is 0 Å². The Morgan fingerprint density at radius 1 is 1.00 bits per heavy atom. The fourth-order valence-corrected chi connectivity index (χ4v) is 1.94. The molecule has 0 aliphatic rings. The second kappa shape index (κ2) is 6.10. The molecular weight excluding hydrogens is 254 g/mol. The molecule has 4 nitrogen and oxygen atoms in total. The first-order valence-electron chi connectivity index (χ1n) is 6.22. The summed E-state index contributed by atoms with van der Waals surface area (Å²) in [6.45, 7) is 1.95. The monoisotopic (exact) mass is 271 g/mol. The lowest BCUT2D eigenvalue weighted by Crippen LogP contribution is -1.96. The quantitative estimate of drug-likeness (QED) is 0.844. The van der Waals surface area contributed by atoms with Crippen molar-refractivity contribution in [1.29, 1.82) is 0 Å². The van der Waals surface area contributed by atoms with Gasteiger partial charge in [-0.15, -0.1) is 0 Å². The van der Waals surface area contributed by atoms with E-state index in [1.54, 1.807) is 20.3 Å². The van der Waals surface area contributed by atoms with E-state index in [1.165, 1.54) is 0 Å². The largest absolute Gasteiger partial charge is 0.497 e. The molecule has 0 saturated carbocycles. The lowest BCUT2D eigenvalue weighted by Gasteiger charge is -2.12. The second-order valence-corrected chi connectivity index (χ2v) is 4.42. The van der Waals surface area contributed by atoms with E-state index in [2.05, 4.69) is 5.32 Å². The number of rotatable bonds is 5. The molecule has 2 rings (SSSR count). The molecule has 1 N–H and O–H groups in total. The molecule has 0 aliphatic carbocycles. The molecular formula is C16H17NO3. The van der Waals surface area contributed by atoms with Gasteiger partial charge in [0.1, 0.15) is 17.8 Å². The zero-order valence-electron chi connectivity index (χ0n) is 11.8. The first-order chi connectivity index (χ1) is 9.66. The van der Waals surface area contributed by atoms with Crippen molar-refractivity contribution in [2.45, 2.75) is 6.92 Å². The number of anilines is 2. The standard InChI is InChI=1S/C16H17NO3/c1-11-6-12(10-18)4-5-16(11)17-13-7-14(19-2)9-15(8-13)20-3/h4-10,17H,1-3H3. The topological polar surface area (TPSA) is 47.6 Å². The summed E-state index contributed by atoms with van der Waals surface area (Å²) >= 11 is 0. The minimum Gasteiger partial charge on any atom is -0.497 e. The van der Waals surface area contributed by atoms with Gasteiger partial charge in [0.05, 0.1) is 14.2 Å². The van der Waals surface area contributed by atoms with Crippen molar-refractivity contribution in [3.05, 3.63) is 47.5 Å². The van der Waals surface area contributed by atoms with Crippen LogP contribution in [0.2, 0.25) is 0 Å². The van der Waals surface area contributed by atoms with Gasteiger partial charge < -0.3 is 14.8 Å². The van der Waals surface area contributed by atoms with Crippen LogP contribution in [0.5, 0.6) is 11.5 Å². The van der Waals surface area contributed by atoms with Crippen LogP contribution < -0.4 is 14.8 Å². The molecule has 2 aromatic carbocycles. The number of carbonyl (C=O) groups is 1. The number of methoxy groups -OCH3 is 2. The summed E-state index contributed by atoms with van der Waals surface area (Å²) in [5, 5.41) is 3.30. The fourth-order valence-electron chi connectivity index (χ4n) is 1.94. The first-order valence-corrected chi connectivity index (χ1v) is 6.22. The SMILES string of the molecule is COc1cc(Nc2ccc(C=O)cc2C)cc(OC)c1. The Hall–Kier alpha value is -2.49. The normalized spacial score (nSPS) is 9.95. The van der Waals surface area contributed by atoms with Gasteiger partial charge >= 0.3 is 0 Å². The van der Waals surface area contributed by atoms with Gasteiger partial charge in [0.2, 0.25) is 0 Å². The fraction of sp³-hybridized carbons (Fsp3) is 0.188. The van der Waals surface area contributed by atoms with Crippen LogP contribution in [0.15, 0.2) is 36.4 Å². The van der Waals surface area contributed by atoms with Crippen LogP contribution in [0.25, 0.3) is 0 Å². The van der Waals surface area contributed by atoms with Crippen molar-refractivity contribution in [3.8, 4) is 11.5 Å². The van der Waals surface area contributed by atoms with E-state index in [1.807, 2.05) is 37.3 Å². The summed E-state index contributed by atoms with van der Waals surface area (Å²) in [6.07, 6.45) is 0.839. The molecule has 0 amide bonds. The third-order valence-corrected chi connectivity index (χ3v) is 3.02. The molecule has 0 saturated heterocycles. The summed E-state index contributed by atoms with van der Waals surface area (Å²) in [6, 6.07) is 11.1. The highest BCUT2D eigenvalue weighted by Gasteiger charge is 2.04. The summed E-state index contributed by atoms with van der Waals surface area (Å²) in [5.41, 5.74) is 3.46. The Morgan fingerprint density at radius 2 is 1.65 bits per heavy atom. The predicted molar refractivity (Wildman–Crippen MR) is 79.4 cm³/mol. The number of aldehydes is 1. The highest BCUT2D eigenvalue weighted by molar-refractivity contribution is 5.77. The molecule has 0 bridgehead atoms. The van der Waals surface area contributed by atoms with Crippen LogP contribution in [0.1, 0.15) is 15.9 Å². The van der Waals surface area contributed by atoms with Crippen LogP contribution in [0.3, 0.4) is 0 Å². The highest BCUT2D eigenvalue weighted by Crippen LogP contribution is 2.29. The number of benzene rings is 2. The maximum Gasteiger partial charge on any atom is 0.150 e. The minimum absolute atomic E-state index is 0.663. The van der Waals surface area contributed by atoms with Crippen molar-refractivity contribution >= 4 is 17.7 Å². The van der Waals surface area contributed by atoms with Gasteiger partial charge in [0.15, 0.2) is 0 Å². The van der Waals surface area contributed by atoms with Crippen LogP contribution in [0, 0.1) is 6.92 Å². The Bertz CT molecular complexity index is 601. The molecule has 0 fully saturated rings. The van der Waals surface area contributed by atoms with Crippen LogP contribution in [-0.4, -0.2) is 20.5 Å². The molecule has 0 spiro atoms. The lowest BCUT2D eigenvalue weighted by atomic mass is 10.1. The van der Waals surface area contributed by atoms with E-state index < -0.39 is 0 Å². The van der Waals surface area contributed by atoms with Gasteiger partial charge in [-0.1, -0.05) is 0 Å². The smallest absolute Gasteiger partial charge is 0.150 e. The van der Waals surface area contributed by atoms with Crippen molar-refractivity contribution < 1.29 is 14.3 Å². The van der Waals surface area contributed by atoms with E-state index in [9.17, 15) is 4.79 Å². The van der Waals surface area contributed by atoms with Crippen molar-refractivity contribution in [1.82, 2.24) is 0 Å². The number of ether oxygens (including phenoxy) is 2. The second-order valence-electron chi connectivity index (χ2n) is 4.42. The number of hydrogen-bond acceptors (Lipinski definition) is 4. The van der Waals surface area contributed by atoms with E-state index in [4.69, 9.17) is 9.47 Å². The van der Waals surface area contributed by atoms with E-state index >= 15 is 0 Å². The molecule has 0 heterocycles. The highest BCUT2D eigenvalue weighted by atomic mass is 16.5. The van der Waals surface area contributed by atoms with Crippen LogP contribution in [0.4, 0.5) is 11.4 Å². The van der Waals surface area contributed by atoms with E-state index in [0.717, 1.165) is 23.2 Å². The summed E-state index contributed by atoms with van der Waals surface area (Å²) in [5.74, 6) is 1.43. The number of nitrogens with one attached hydrogen (secondary N) is 1. The van der Waals surface area contributed by atoms with Crippen molar-refractivity contribution in [2.24, 2.45) is 0 Å². The van der Waals surface area contributed by atoms with Crippen molar-refractivity contribution in [2.75, 3.05) is 19.5 Å². The molecule has 2 aromatic rings. The Balaban J connectivity index is 2.31. The summed E-state index contributed by atoms with van der Waals surface area (Å²) < 4.78 is 10.5. The van der Waals surface area contributed by atoms with Crippen LogP contribution in [-0.2, 0) is 0 Å². The average Bonchev–Trinajstić information content (AvgIpc) is 2.48. The maximum atomic E-state index is 10.7. The lowest BCUT2D eigenvalue weighted by molar-refractivity contribution is 0.112. The Labute approximate surface area is 118 Å². The third-order valence-electron chi connectivity index (χ3n) is 3.02. The van der Waals surface area contributed by atoms with Gasteiger partial charge in [-0.05, 0) is 30.7 Å². The van der Waals surface area contributed by atoms with E-state index in [-0.39, 0.29) is 0 Å². The molecule has 0 unspecified atom stereocenters. The third kappa shape index (κ3) is 3.09. The molecule has 4 heteroatoms. The zero-order valence-corrected chi connectivity index (χ0v) is 11.8. The first kappa shape index (κ1) is 13.9. The molecule has 0 radical (unpaired) electrons. The molecule has 0 atom stereocenters.